The Hall–Kier alpha value is -3.13. The summed E-state index contributed by atoms with van der Waals surface area (Å²) in [6.07, 6.45) is 0.307. The van der Waals surface area contributed by atoms with Crippen LogP contribution in [0.3, 0.4) is 0 Å². The monoisotopic (exact) mass is 393 g/mol. The topological polar surface area (TPSA) is 96.4 Å². The Balaban J connectivity index is 1.44. The van der Waals surface area contributed by atoms with E-state index in [0.29, 0.717) is 17.7 Å². The van der Waals surface area contributed by atoms with Crippen LogP contribution in [0, 0.1) is 0 Å². The smallest absolute Gasteiger partial charge is 0.306 e. The SMILES string of the molecule is CCn1c(SCC(=O)Cc2ccc3[nH]c(=O)[nH]c3c2)nnc1-c1ccccc1. The molecule has 7 nitrogen and oxygen atoms in total. The van der Waals surface area contributed by atoms with E-state index >= 15 is 0 Å². The average Bonchev–Trinajstić information content (AvgIpc) is 3.28. The molecule has 142 valence electrons. The van der Waals surface area contributed by atoms with Crippen LogP contribution in [0.5, 0.6) is 0 Å². The summed E-state index contributed by atoms with van der Waals surface area (Å²) in [5.74, 6) is 1.21. The third kappa shape index (κ3) is 3.77. The van der Waals surface area contributed by atoms with E-state index in [2.05, 4.69) is 20.2 Å². The second-order valence-corrected chi connectivity index (χ2v) is 7.32. The third-order valence-corrected chi connectivity index (χ3v) is 5.44. The standard InChI is InChI=1S/C20H19N5O2S/c1-2-25-18(14-6-4-3-5-7-14)23-24-20(25)28-12-15(26)10-13-8-9-16-17(11-13)22-19(27)21-16/h3-9,11H,2,10,12H2,1H3,(H2,21,22,27). The first kappa shape index (κ1) is 18.2. The lowest BCUT2D eigenvalue weighted by atomic mass is 10.1. The van der Waals surface area contributed by atoms with E-state index in [1.54, 1.807) is 0 Å². The summed E-state index contributed by atoms with van der Waals surface area (Å²) in [6, 6.07) is 15.4. The fourth-order valence-electron chi connectivity index (χ4n) is 3.09. The van der Waals surface area contributed by atoms with Gasteiger partial charge in [-0.25, -0.2) is 4.79 Å². The number of imidazole rings is 1. The van der Waals surface area contributed by atoms with E-state index in [-0.39, 0.29) is 11.5 Å². The highest BCUT2D eigenvalue weighted by molar-refractivity contribution is 7.99. The number of ketones is 1. The Kier molecular flexibility index (Phi) is 5.12. The summed E-state index contributed by atoms with van der Waals surface area (Å²) in [4.78, 5) is 29.2. The van der Waals surface area contributed by atoms with Crippen molar-refractivity contribution in [1.82, 2.24) is 24.7 Å². The van der Waals surface area contributed by atoms with Crippen LogP contribution in [0.2, 0.25) is 0 Å². The number of hydrogen-bond donors (Lipinski definition) is 2. The zero-order valence-corrected chi connectivity index (χ0v) is 16.1. The Labute approximate surface area is 165 Å². The second kappa shape index (κ2) is 7.85. The molecule has 4 rings (SSSR count). The molecule has 0 saturated carbocycles. The minimum Gasteiger partial charge on any atom is -0.306 e. The lowest BCUT2D eigenvalue weighted by Gasteiger charge is -2.07. The van der Waals surface area contributed by atoms with Gasteiger partial charge in [-0.3, -0.25) is 4.79 Å². The van der Waals surface area contributed by atoms with Gasteiger partial charge in [-0.15, -0.1) is 10.2 Å². The molecule has 8 heteroatoms. The number of nitrogens with zero attached hydrogens (tertiary/aromatic N) is 3. The number of aromatic nitrogens is 5. The van der Waals surface area contributed by atoms with Gasteiger partial charge in [-0.1, -0.05) is 48.2 Å². The van der Waals surface area contributed by atoms with E-state index in [0.717, 1.165) is 34.2 Å². The number of carbonyl (C=O) groups is 1. The number of nitrogens with one attached hydrogen (secondary N) is 2. The number of rotatable bonds is 7. The number of fused-ring (bicyclic) bond motifs is 1. The van der Waals surface area contributed by atoms with Crippen molar-refractivity contribution in [3.05, 3.63) is 64.6 Å². The average molecular weight is 393 g/mol. The van der Waals surface area contributed by atoms with Crippen LogP contribution < -0.4 is 5.69 Å². The van der Waals surface area contributed by atoms with Gasteiger partial charge in [0, 0.05) is 18.5 Å². The van der Waals surface area contributed by atoms with Crippen molar-refractivity contribution in [2.45, 2.75) is 25.0 Å². The molecule has 0 fully saturated rings. The number of aromatic amines is 2. The van der Waals surface area contributed by atoms with Crippen LogP contribution in [0.25, 0.3) is 22.4 Å². The molecule has 4 aromatic rings. The molecular formula is C20H19N5O2S. The molecular weight excluding hydrogens is 374 g/mol. The van der Waals surface area contributed by atoms with Crippen LogP contribution >= 0.6 is 11.8 Å². The van der Waals surface area contributed by atoms with Crippen LogP contribution in [-0.4, -0.2) is 36.3 Å². The molecule has 0 aliphatic carbocycles. The van der Waals surface area contributed by atoms with Crippen molar-refractivity contribution in [3.8, 4) is 11.4 Å². The lowest BCUT2D eigenvalue weighted by molar-refractivity contribution is -0.116. The van der Waals surface area contributed by atoms with Crippen molar-refractivity contribution in [1.29, 1.82) is 0 Å². The van der Waals surface area contributed by atoms with Gasteiger partial charge in [0.25, 0.3) is 0 Å². The fourth-order valence-corrected chi connectivity index (χ4v) is 3.96. The van der Waals surface area contributed by atoms with Crippen LogP contribution in [-0.2, 0) is 17.8 Å². The Bertz CT molecular complexity index is 1180. The summed E-state index contributed by atoms with van der Waals surface area (Å²) in [5, 5.41) is 9.30. The largest absolute Gasteiger partial charge is 0.323 e. The highest BCUT2D eigenvalue weighted by Gasteiger charge is 2.15. The molecule has 0 saturated heterocycles. The normalized spacial score (nSPS) is 11.2. The van der Waals surface area contributed by atoms with Gasteiger partial charge in [0.15, 0.2) is 11.0 Å². The summed E-state index contributed by atoms with van der Waals surface area (Å²) in [5.41, 5.74) is 3.07. The molecule has 0 radical (unpaired) electrons. The van der Waals surface area contributed by atoms with Crippen LogP contribution in [0.1, 0.15) is 12.5 Å². The molecule has 0 amide bonds. The number of hydrogen-bond acceptors (Lipinski definition) is 5. The van der Waals surface area contributed by atoms with E-state index in [1.165, 1.54) is 11.8 Å². The Morgan fingerprint density at radius 3 is 2.64 bits per heavy atom. The maximum Gasteiger partial charge on any atom is 0.323 e. The maximum absolute atomic E-state index is 12.4. The molecule has 2 aromatic heterocycles. The van der Waals surface area contributed by atoms with Crippen molar-refractivity contribution in [2.24, 2.45) is 0 Å². The lowest BCUT2D eigenvalue weighted by Crippen LogP contribution is -2.07. The Morgan fingerprint density at radius 1 is 1.07 bits per heavy atom. The van der Waals surface area contributed by atoms with Crippen LogP contribution in [0.4, 0.5) is 0 Å². The summed E-state index contributed by atoms with van der Waals surface area (Å²) >= 11 is 1.40. The zero-order chi connectivity index (χ0) is 19.5. The molecule has 28 heavy (non-hydrogen) atoms. The first-order valence-corrected chi connectivity index (χ1v) is 9.96. The summed E-state index contributed by atoms with van der Waals surface area (Å²) in [6.45, 7) is 2.76. The van der Waals surface area contributed by atoms with Gasteiger partial charge < -0.3 is 14.5 Å². The maximum atomic E-state index is 12.4. The molecule has 0 aliphatic rings. The molecule has 0 unspecified atom stereocenters. The molecule has 0 aliphatic heterocycles. The van der Waals surface area contributed by atoms with Crippen molar-refractivity contribution < 1.29 is 4.79 Å². The Morgan fingerprint density at radius 2 is 1.86 bits per heavy atom. The molecule has 0 bridgehead atoms. The van der Waals surface area contributed by atoms with E-state index in [9.17, 15) is 9.59 Å². The predicted molar refractivity (Wildman–Crippen MR) is 109 cm³/mol. The predicted octanol–water partition coefficient (Wildman–Crippen LogP) is 3.04. The quantitative estimate of drug-likeness (QED) is 0.471. The number of thioether (sulfide) groups is 1. The second-order valence-electron chi connectivity index (χ2n) is 6.38. The highest BCUT2D eigenvalue weighted by Crippen LogP contribution is 2.24. The summed E-state index contributed by atoms with van der Waals surface area (Å²) in [7, 11) is 0. The minimum absolute atomic E-state index is 0.0918. The molecule has 0 spiro atoms. The summed E-state index contributed by atoms with van der Waals surface area (Å²) < 4.78 is 2.02. The minimum atomic E-state index is -0.248. The van der Waals surface area contributed by atoms with Crippen molar-refractivity contribution in [3.63, 3.8) is 0 Å². The third-order valence-electron chi connectivity index (χ3n) is 4.41. The van der Waals surface area contributed by atoms with Gasteiger partial charge in [0.05, 0.1) is 16.8 Å². The van der Waals surface area contributed by atoms with Gasteiger partial charge in [0.2, 0.25) is 0 Å². The number of Topliss-reactive ketones (excluding diaryl/α,β-unsaturated/α-hetero) is 1. The van der Waals surface area contributed by atoms with Gasteiger partial charge in [0.1, 0.15) is 5.78 Å². The molecule has 2 aromatic carbocycles. The molecule has 0 atom stereocenters. The number of carbonyl (C=O) groups excluding carboxylic acids is 1. The molecule has 2 N–H and O–H groups in total. The van der Waals surface area contributed by atoms with Gasteiger partial charge in [-0.05, 0) is 24.6 Å². The number of H-pyrrole nitrogens is 2. The fraction of sp³-hybridized carbons (Fsp3) is 0.200. The van der Waals surface area contributed by atoms with Crippen molar-refractivity contribution in [2.75, 3.05) is 5.75 Å². The zero-order valence-electron chi connectivity index (χ0n) is 15.3. The number of benzene rings is 2. The highest BCUT2D eigenvalue weighted by atomic mass is 32.2. The van der Waals surface area contributed by atoms with Gasteiger partial charge in [-0.2, -0.15) is 0 Å². The van der Waals surface area contributed by atoms with Crippen LogP contribution in [0.15, 0.2) is 58.5 Å². The van der Waals surface area contributed by atoms with E-state index in [1.807, 2.05) is 60.0 Å². The first-order chi connectivity index (χ1) is 13.6. The van der Waals surface area contributed by atoms with Crippen molar-refractivity contribution >= 4 is 28.6 Å². The van der Waals surface area contributed by atoms with E-state index in [4.69, 9.17) is 0 Å². The molecule has 2 heterocycles. The first-order valence-electron chi connectivity index (χ1n) is 8.98. The van der Waals surface area contributed by atoms with Gasteiger partial charge >= 0.3 is 5.69 Å². The van der Waals surface area contributed by atoms with E-state index < -0.39 is 0 Å².